The lowest BCUT2D eigenvalue weighted by Crippen LogP contribution is -2.50. The summed E-state index contributed by atoms with van der Waals surface area (Å²) in [5.74, 6) is -0.431. The molecule has 0 heterocycles. The van der Waals surface area contributed by atoms with Gasteiger partial charge >= 0.3 is 0 Å². The van der Waals surface area contributed by atoms with Crippen molar-refractivity contribution in [3.05, 3.63) is 33.4 Å². The molecule has 0 aliphatic heterocycles. The number of amides is 2. The minimum Gasteiger partial charge on any atom is -0.350 e. The van der Waals surface area contributed by atoms with E-state index in [-0.39, 0.29) is 17.4 Å². The zero-order valence-corrected chi connectivity index (χ0v) is 13.7. The quantitative estimate of drug-likeness (QED) is 0.798. The van der Waals surface area contributed by atoms with Gasteiger partial charge in [0.2, 0.25) is 5.91 Å². The number of halogens is 1. The first-order valence-corrected chi connectivity index (χ1v) is 7.15. The third kappa shape index (κ3) is 5.59. The maximum atomic E-state index is 11.9. The Balaban J connectivity index is 2.61. The van der Waals surface area contributed by atoms with Crippen LogP contribution in [-0.4, -0.2) is 23.4 Å². The van der Waals surface area contributed by atoms with Crippen LogP contribution in [0.25, 0.3) is 0 Å². The Kier molecular flexibility index (Phi) is 5.34. The molecule has 104 valence electrons. The monoisotopic (exact) mass is 374 g/mol. The van der Waals surface area contributed by atoms with Gasteiger partial charge in [0.25, 0.3) is 5.91 Å². The number of benzene rings is 1. The second-order valence-electron chi connectivity index (χ2n) is 5.44. The van der Waals surface area contributed by atoms with Crippen LogP contribution in [0.15, 0.2) is 24.3 Å². The maximum absolute atomic E-state index is 11.9. The Bertz CT molecular complexity index is 463. The minimum absolute atomic E-state index is 0.189. The van der Waals surface area contributed by atoms with Gasteiger partial charge in [0.05, 0.1) is 0 Å². The van der Waals surface area contributed by atoms with Crippen molar-refractivity contribution in [2.24, 2.45) is 0 Å². The topological polar surface area (TPSA) is 58.2 Å². The maximum Gasteiger partial charge on any atom is 0.251 e. The van der Waals surface area contributed by atoms with Crippen LogP contribution >= 0.6 is 22.6 Å². The Morgan fingerprint density at radius 1 is 1.16 bits per heavy atom. The molecule has 1 unspecified atom stereocenters. The Labute approximate surface area is 127 Å². The van der Waals surface area contributed by atoms with E-state index in [1.165, 1.54) is 0 Å². The summed E-state index contributed by atoms with van der Waals surface area (Å²) < 4.78 is 1.06. The van der Waals surface area contributed by atoms with E-state index in [1.54, 1.807) is 19.1 Å². The average molecular weight is 374 g/mol. The van der Waals surface area contributed by atoms with Crippen LogP contribution < -0.4 is 10.6 Å². The lowest BCUT2D eigenvalue weighted by Gasteiger charge is -2.23. The van der Waals surface area contributed by atoms with Crippen LogP contribution in [0.5, 0.6) is 0 Å². The van der Waals surface area contributed by atoms with Gasteiger partial charge < -0.3 is 10.6 Å². The number of nitrogens with one attached hydrogen (secondary N) is 2. The van der Waals surface area contributed by atoms with Gasteiger partial charge in [0.15, 0.2) is 0 Å². The normalized spacial score (nSPS) is 12.7. The molecule has 0 aliphatic rings. The molecule has 0 aromatic heterocycles. The van der Waals surface area contributed by atoms with E-state index in [9.17, 15) is 9.59 Å². The summed E-state index contributed by atoms with van der Waals surface area (Å²) in [4.78, 5) is 23.8. The number of carbonyl (C=O) groups excluding carboxylic acids is 2. The summed E-state index contributed by atoms with van der Waals surface area (Å²) in [6, 6.07) is 6.63. The molecule has 0 bridgehead atoms. The third-order valence-electron chi connectivity index (χ3n) is 2.35. The molecule has 1 aromatic carbocycles. The van der Waals surface area contributed by atoms with Crippen LogP contribution in [0.2, 0.25) is 0 Å². The summed E-state index contributed by atoms with van der Waals surface area (Å²) in [6.07, 6.45) is 0. The van der Waals surface area contributed by atoms with Gasteiger partial charge in [-0.2, -0.15) is 0 Å². The Morgan fingerprint density at radius 2 is 1.68 bits per heavy atom. The number of hydrogen-bond donors (Lipinski definition) is 2. The zero-order valence-electron chi connectivity index (χ0n) is 11.6. The molecule has 0 radical (unpaired) electrons. The highest BCUT2D eigenvalue weighted by molar-refractivity contribution is 14.1. The van der Waals surface area contributed by atoms with Gasteiger partial charge in [-0.1, -0.05) is 0 Å². The van der Waals surface area contributed by atoms with Gasteiger partial charge in [-0.25, -0.2) is 0 Å². The molecular weight excluding hydrogens is 355 g/mol. The lowest BCUT2D eigenvalue weighted by molar-refractivity contribution is -0.124. The van der Waals surface area contributed by atoms with E-state index in [1.807, 2.05) is 32.9 Å². The van der Waals surface area contributed by atoms with Crippen LogP contribution in [0.4, 0.5) is 0 Å². The molecule has 5 heteroatoms. The summed E-state index contributed by atoms with van der Waals surface area (Å²) in [5, 5.41) is 5.51. The van der Waals surface area contributed by atoms with Crippen molar-refractivity contribution in [2.75, 3.05) is 0 Å². The molecule has 2 amide bonds. The number of hydrogen-bond acceptors (Lipinski definition) is 2. The van der Waals surface area contributed by atoms with Crippen LogP contribution in [0, 0.1) is 3.57 Å². The molecule has 1 rings (SSSR count). The summed E-state index contributed by atoms with van der Waals surface area (Å²) in [6.45, 7) is 7.38. The second-order valence-corrected chi connectivity index (χ2v) is 6.69. The molecule has 0 fully saturated rings. The van der Waals surface area contributed by atoms with Crippen molar-refractivity contribution in [3.63, 3.8) is 0 Å². The van der Waals surface area contributed by atoms with Crippen molar-refractivity contribution in [2.45, 2.75) is 39.3 Å². The van der Waals surface area contributed by atoms with Gasteiger partial charge in [0.1, 0.15) is 6.04 Å². The predicted octanol–water partition coefficient (Wildman–Crippen LogP) is 2.32. The molecular formula is C14H19IN2O2. The van der Waals surface area contributed by atoms with E-state index in [0.717, 1.165) is 3.57 Å². The average Bonchev–Trinajstić information content (AvgIpc) is 2.27. The number of carbonyl (C=O) groups is 2. The van der Waals surface area contributed by atoms with Crippen molar-refractivity contribution in [1.82, 2.24) is 10.6 Å². The lowest BCUT2D eigenvalue weighted by atomic mass is 10.1. The molecule has 2 N–H and O–H groups in total. The fourth-order valence-corrected chi connectivity index (χ4v) is 1.78. The Hall–Kier alpha value is -1.11. The minimum atomic E-state index is -0.564. The highest BCUT2D eigenvalue weighted by Gasteiger charge is 2.20. The summed E-state index contributed by atoms with van der Waals surface area (Å²) in [5.41, 5.74) is 0.245. The smallest absolute Gasteiger partial charge is 0.251 e. The van der Waals surface area contributed by atoms with Crippen LogP contribution in [-0.2, 0) is 4.79 Å². The van der Waals surface area contributed by atoms with Gasteiger partial charge in [-0.05, 0) is 74.6 Å². The first-order chi connectivity index (χ1) is 8.69. The first-order valence-electron chi connectivity index (χ1n) is 6.07. The largest absolute Gasteiger partial charge is 0.350 e. The van der Waals surface area contributed by atoms with E-state index in [2.05, 4.69) is 33.2 Å². The molecule has 19 heavy (non-hydrogen) atoms. The standard InChI is InChI=1S/C14H19IN2O2/c1-9(12(18)17-14(2,3)4)16-13(19)10-5-7-11(15)8-6-10/h5-9H,1-4H3,(H,16,19)(H,17,18). The fraction of sp³-hybridized carbons (Fsp3) is 0.429. The fourth-order valence-electron chi connectivity index (χ4n) is 1.42. The summed E-state index contributed by atoms with van der Waals surface area (Å²) in [7, 11) is 0. The second kappa shape index (κ2) is 6.36. The molecule has 0 saturated carbocycles. The molecule has 0 aliphatic carbocycles. The van der Waals surface area contributed by atoms with Crippen LogP contribution in [0.1, 0.15) is 38.1 Å². The molecule has 0 spiro atoms. The van der Waals surface area contributed by atoms with Crippen molar-refractivity contribution >= 4 is 34.4 Å². The van der Waals surface area contributed by atoms with Gasteiger partial charge in [-0.15, -0.1) is 0 Å². The SMILES string of the molecule is CC(NC(=O)c1ccc(I)cc1)C(=O)NC(C)(C)C. The van der Waals surface area contributed by atoms with Crippen molar-refractivity contribution in [3.8, 4) is 0 Å². The van der Waals surface area contributed by atoms with E-state index in [4.69, 9.17) is 0 Å². The van der Waals surface area contributed by atoms with E-state index in [0.29, 0.717) is 5.56 Å². The molecule has 1 atom stereocenters. The predicted molar refractivity (Wildman–Crippen MR) is 84.0 cm³/mol. The highest BCUT2D eigenvalue weighted by Crippen LogP contribution is 2.07. The summed E-state index contributed by atoms with van der Waals surface area (Å²) >= 11 is 2.17. The highest BCUT2D eigenvalue weighted by atomic mass is 127. The zero-order chi connectivity index (χ0) is 14.6. The molecule has 1 aromatic rings. The van der Waals surface area contributed by atoms with Crippen molar-refractivity contribution < 1.29 is 9.59 Å². The first kappa shape index (κ1) is 15.9. The van der Waals surface area contributed by atoms with E-state index < -0.39 is 6.04 Å². The molecule has 4 nitrogen and oxygen atoms in total. The third-order valence-corrected chi connectivity index (χ3v) is 3.06. The van der Waals surface area contributed by atoms with Crippen molar-refractivity contribution in [1.29, 1.82) is 0 Å². The van der Waals surface area contributed by atoms with Crippen LogP contribution in [0.3, 0.4) is 0 Å². The Morgan fingerprint density at radius 3 is 2.16 bits per heavy atom. The van der Waals surface area contributed by atoms with E-state index >= 15 is 0 Å². The van der Waals surface area contributed by atoms with Gasteiger partial charge in [-0.3, -0.25) is 9.59 Å². The van der Waals surface area contributed by atoms with Gasteiger partial charge in [0, 0.05) is 14.7 Å². The molecule has 0 saturated heterocycles. The number of rotatable bonds is 3.